The molecule has 0 bridgehead atoms. The molecule has 0 radical (unpaired) electrons. The van der Waals surface area contributed by atoms with Crippen molar-refractivity contribution in [1.29, 1.82) is 0 Å². The fourth-order valence-corrected chi connectivity index (χ4v) is 3.57. The molecule has 20 heavy (non-hydrogen) atoms. The topological polar surface area (TPSA) is 146 Å². The van der Waals surface area contributed by atoms with E-state index in [4.69, 9.17) is 5.11 Å². The van der Waals surface area contributed by atoms with E-state index >= 15 is 0 Å². The Labute approximate surface area is 116 Å². The van der Waals surface area contributed by atoms with Gasteiger partial charge in [-0.2, -0.15) is 5.10 Å². The van der Waals surface area contributed by atoms with Gasteiger partial charge in [0.1, 0.15) is 14.7 Å². The molecule has 0 aliphatic heterocycles. The van der Waals surface area contributed by atoms with Crippen molar-refractivity contribution in [2.75, 3.05) is 18.6 Å². The quantitative estimate of drug-likeness (QED) is 0.552. The van der Waals surface area contributed by atoms with E-state index in [1.807, 2.05) is 0 Å². The number of hydrogen-bond donors (Lipinski definition) is 3. The number of carboxylic acid groups (broad SMARTS) is 1. The predicted molar refractivity (Wildman–Crippen MR) is 69.8 cm³/mol. The molecular weight excluding hydrogens is 310 g/mol. The lowest BCUT2D eigenvalue weighted by atomic mass is 10.4. The Balaban J connectivity index is 2.85. The smallest absolute Gasteiger partial charge is 0.357 e. The molecule has 0 spiro atoms. The molecule has 114 valence electrons. The van der Waals surface area contributed by atoms with Gasteiger partial charge in [0.2, 0.25) is 10.0 Å². The van der Waals surface area contributed by atoms with Gasteiger partial charge in [0.25, 0.3) is 0 Å². The Morgan fingerprint density at radius 2 is 1.95 bits per heavy atom. The highest BCUT2D eigenvalue weighted by molar-refractivity contribution is 7.90. The third kappa shape index (κ3) is 4.28. The molecule has 1 aromatic heterocycles. The summed E-state index contributed by atoms with van der Waals surface area (Å²) in [5, 5.41) is 14.6. The summed E-state index contributed by atoms with van der Waals surface area (Å²) < 4.78 is 47.9. The molecule has 0 fully saturated rings. The van der Waals surface area contributed by atoms with Crippen LogP contribution < -0.4 is 4.72 Å². The van der Waals surface area contributed by atoms with E-state index < -0.39 is 36.4 Å². The summed E-state index contributed by atoms with van der Waals surface area (Å²) in [6, 6.07) is 0. The van der Waals surface area contributed by atoms with Gasteiger partial charge in [-0.15, -0.1) is 0 Å². The summed E-state index contributed by atoms with van der Waals surface area (Å²) in [5.74, 6) is -1.63. The van der Waals surface area contributed by atoms with Gasteiger partial charge in [0.05, 0.1) is 11.4 Å². The van der Waals surface area contributed by atoms with Crippen LogP contribution in [0, 0.1) is 6.92 Å². The van der Waals surface area contributed by atoms with Crippen LogP contribution in [0.3, 0.4) is 0 Å². The molecule has 3 N–H and O–H groups in total. The first-order valence-electron chi connectivity index (χ1n) is 5.50. The van der Waals surface area contributed by atoms with Crippen molar-refractivity contribution >= 4 is 25.8 Å². The molecule has 0 aliphatic rings. The number of sulfonamides is 1. The summed E-state index contributed by atoms with van der Waals surface area (Å²) in [6.45, 7) is 1.27. The van der Waals surface area contributed by atoms with Crippen molar-refractivity contribution in [3.63, 3.8) is 0 Å². The molecule has 0 aromatic carbocycles. The van der Waals surface area contributed by atoms with Crippen LogP contribution in [0.2, 0.25) is 0 Å². The molecular formula is C9H15N3O6S2. The highest BCUT2D eigenvalue weighted by atomic mass is 32.2. The molecule has 1 heterocycles. The number of nitrogens with one attached hydrogen (secondary N) is 2. The average Bonchev–Trinajstić information content (AvgIpc) is 2.66. The molecule has 9 nitrogen and oxygen atoms in total. The molecule has 11 heteroatoms. The number of H-pyrrole nitrogens is 1. The zero-order chi connectivity index (χ0) is 15.6. The molecule has 0 amide bonds. The van der Waals surface area contributed by atoms with Crippen molar-refractivity contribution < 1.29 is 26.7 Å². The average molecular weight is 325 g/mol. The molecule has 0 saturated carbocycles. The summed E-state index contributed by atoms with van der Waals surface area (Å²) in [5.41, 5.74) is -0.504. The van der Waals surface area contributed by atoms with Gasteiger partial charge in [-0.1, -0.05) is 0 Å². The number of aryl methyl sites for hydroxylation is 1. The second kappa shape index (κ2) is 5.89. The SMILES string of the molecule is Cc1[nH]nc(C(=O)O)c1S(=O)(=O)NCCCS(C)(=O)=O. The van der Waals surface area contributed by atoms with Crippen LogP contribution in [0.4, 0.5) is 0 Å². The van der Waals surface area contributed by atoms with Gasteiger partial charge >= 0.3 is 5.97 Å². The van der Waals surface area contributed by atoms with Gasteiger partial charge < -0.3 is 5.11 Å². The number of nitrogens with zero attached hydrogens (tertiary/aromatic N) is 1. The molecule has 1 rings (SSSR count). The predicted octanol–water partition coefficient (Wildman–Crippen LogP) is -0.871. The van der Waals surface area contributed by atoms with E-state index in [1.165, 1.54) is 6.92 Å². The zero-order valence-electron chi connectivity index (χ0n) is 10.9. The van der Waals surface area contributed by atoms with Crippen LogP contribution in [-0.2, 0) is 19.9 Å². The maximum Gasteiger partial charge on any atom is 0.357 e. The number of sulfone groups is 1. The molecule has 0 atom stereocenters. The van der Waals surface area contributed by atoms with E-state index in [2.05, 4.69) is 14.9 Å². The highest BCUT2D eigenvalue weighted by Gasteiger charge is 2.27. The van der Waals surface area contributed by atoms with Crippen molar-refractivity contribution in [1.82, 2.24) is 14.9 Å². The van der Waals surface area contributed by atoms with Crippen LogP contribution in [0.1, 0.15) is 22.6 Å². The van der Waals surface area contributed by atoms with Gasteiger partial charge in [-0.05, 0) is 13.3 Å². The lowest BCUT2D eigenvalue weighted by molar-refractivity contribution is 0.0686. The van der Waals surface area contributed by atoms with Crippen LogP contribution >= 0.6 is 0 Å². The third-order valence-corrected chi connectivity index (χ3v) is 5.00. The Morgan fingerprint density at radius 3 is 2.45 bits per heavy atom. The Hall–Kier alpha value is -1.46. The molecule has 0 aliphatic carbocycles. The van der Waals surface area contributed by atoms with Gasteiger partial charge in [-0.3, -0.25) is 5.10 Å². The first-order chi connectivity index (χ1) is 9.04. The van der Waals surface area contributed by atoms with Crippen molar-refractivity contribution in [3.05, 3.63) is 11.4 Å². The van der Waals surface area contributed by atoms with Gasteiger partial charge in [0, 0.05) is 12.8 Å². The first kappa shape index (κ1) is 16.6. The maximum atomic E-state index is 12.0. The van der Waals surface area contributed by atoms with Crippen LogP contribution in [0.5, 0.6) is 0 Å². The summed E-state index contributed by atoms with van der Waals surface area (Å²) >= 11 is 0. The minimum Gasteiger partial charge on any atom is -0.476 e. The highest BCUT2D eigenvalue weighted by Crippen LogP contribution is 2.17. The van der Waals surface area contributed by atoms with E-state index in [0.29, 0.717) is 0 Å². The summed E-state index contributed by atoms with van der Waals surface area (Å²) in [4.78, 5) is 10.4. The normalized spacial score (nSPS) is 12.5. The van der Waals surface area contributed by atoms with E-state index in [0.717, 1.165) is 6.26 Å². The fraction of sp³-hybridized carbons (Fsp3) is 0.556. The standard InChI is InChI=1S/C9H15N3O6S2/c1-6-8(7(9(13)14)12-11-6)20(17,18)10-4-3-5-19(2,15)16/h10H,3-5H2,1-2H3,(H,11,12)(H,13,14). The van der Waals surface area contributed by atoms with Gasteiger partial charge in [0.15, 0.2) is 5.69 Å². The van der Waals surface area contributed by atoms with E-state index in [-0.39, 0.29) is 24.4 Å². The number of aromatic carboxylic acids is 1. The number of aromatic amines is 1. The Kier molecular flexibility index (Phi) is 4.89. The summed E-state index contributed by atoms with van der Waals surface area (Å²) in [7, 11) is -7.23. The summed E-state index contributed by atoms with van der Waals surface area (Å²) in [6.07, 6.45) is 1.14. The Morgan fingerprint density at radius 1 is 1.35 bits per heavy atom. The second-order valence-corrected chi connectivity index (χ2v) is 8.18. The molecule has 1 aromatic rings. The maximum absolute atomic E-state index is 12.0. The van der Waals surface area contributed by atoms with Crippen molar-refractivity contribution in [2.45, 2.75) is 18.2 Å². The zero-order valence-corrected chi connectivity index (χ0v) is 12.5. The second-order valence-electron chi connectivity index (χ2n) is 4.21. The number of carboxylic acids is 1. The van der Waals surface area contributed by atoms with Crippen molar-refractivity contribution in [3.8, 4) is 0 Å². The van der Waals surface area contributed by atoms with E-state index in [1.54, 1.807) is 0 Å². The Bertz CT molecular complexity index is 704. The first-order valence-corrected chi connectivity index (χ1v) is 9.04. The van der Waals surface area contributed by atoms with Gasteiger partial charge in [-0.25, -0.2) is 26.4 Å². The fourth-order valence-electron chi connectivity index (χ4n) is 1.51. The van der Waals surface area contributed by atoms with Crippen LogP contribution in [-0.4, -0.2) is 56.7 Å². The largest absolute Gasteiger partial charge is 0.476 e. The van der Waals surface area contributed by atoms with Crippen LogP contribution in [0.15, 0.2) is 4.90 Å². The third-order valence-electron chi connectivity index (χ3n) is 2.35. The van der Waals surface area contributed by atoms with E-state index in [9.17, 15) is 21.6 Å². The number of aromatic nitrogens is 2. The minimum absolute atomic E-state index is 0.0946. The van der Waals surface area contributed by atoms with Crippen LogP contribution in [0.25, 0.3) is 0 Å². The van der Waals surface area contributed by atoms with Crippen molar-refractivity contribution in [2.24, 2.45) is 0 Å². The minimum atomic E-state index is -4.06. The monoisotopic (exact) mass is 325 g/mol. The number of hydrogen-bond acceptors (Lipinski definition) is 6. The molecule has 0 unspecified atom stereocenters. The number of rotatable bonds is 7. The number of carbonyl (C=O) groups is 1. The molecule has 0 saturated heterocycles. The lowest BCUT2D eigenvalue weighted by Crippen LogP contribution is -2.27. The lowest BCUT2D eigenvalue weighted by Gasteiger charge is -2.06.